The normalized spacial score (nSPS) is 18.7. The monoisotopic (exact) mass is 274 g/mol. The van der Waals surface area contributed by atoms with Gasteiger partial charge in [0.2, 0.25) is 5.91 Å². The number of benzene rings is 1. The van der Waals surface area contributed by atoms with Gasteiger partial charge in [-0.25, -0.2) is 0 Å². The molecule has 0 aliphatic heterocycles. The molecule has 1 saturated carbocycles. The van der Waals surface area contributed by atoms with Crippen LogP contribution in [-0.4, -0.2) is 12.5 Å². The van der Waals surface area contributed by atoms with E-state index in [-0.39, 0.29) is 17.9 Å². The minimum atomic E-state index is -0.126. The van der Waals surface area contributed by atoms with Crippen LogP contribution in [0.4, 0.5) is 0 Å². The van der Waals surface area contributed by atoms with Crippen LogP contribution in [-0.2, 0) is 4.79 Å². The minimum Gasteiger partial charge on any atom is -0.354 e. The topological polar surface area (TPSA) is 55.1 Å². The van der Waals surface area contributed by atoms with Gasteiger partial charge in [-0.15, -0.1) is 0 Å². The average Bonchev–Trinajstić information content (AvgIpc) is 2.98. The van der Waals surface area contributed by atoms with Crippen molar-refractivity contribution in [2.75, 3.05) is 6.54 Å². The molecule has 0 aromatic heterocycles. The summed E-state index contributed by atoms with van der Waals surface area (Å²) >= 11 is 0. The van der Waals surface area contributed by atoms with Gasteiger partial charge in [-0.2, -0.15) is 0 Å². The smallest absolute Gasteiger partial charge is 0.222 e. The second kappa shape index (κ2) is 7.44. The fraction of sp³-hybridized carbons (Fsp3) is 0.588. The Bertz CT molecular complexity index is 412. The van der Waals surface area contributed by atoms with E-state index in [9.17, 15) is 4.79 Å². The fourth-order valence-corrected chi connectivity index (χ4v) is 3.06. The lowest BCUT2D eigenvalue weighted by Crippen LogP contribution is -2.35. The number of amides is 1. The molecule has 1 aliphatic carbocycles. The molecule has 1 fully saturated rings. The van der Waals surface area contributed by atoms with Gasteiger partial charge in [-0.1, -0.05) is 62.9 Å². The maximum atomic E-state index is 12.1. The van der Waals surface area contributed by atoms with E-state index < -0.39 is 0 Å². The summed E-state index contributed by atoms with van der Waals surface area (Å²) in [5, 5.41) is 2.99. The lowest BCUT2D eigenvalue weighted by atomic mass is 9.94. The zero-order chi connectivity index (χ0) is 14.4. The van der Waals surface area contributed by atoms with Crippen LogP contribution in [0.2, 0.25) is 0 Å². The number of carbonyl (C=O) groups excluding carboxylic acids is 1. The Morgan fingerprint density at radius 1 is 1.30 bits per heavy atom. The van der Waals surface area contributed by atoms with Crippen molar-refractivity contribution in [2.45, 2.75) is 45.1 Å². The van der Waals surface area contributed by atoms with Crippen LogP contribution >= 0.6 is 0 Å². The molecule has 0 saturated heterocycles. The number of hydrogen-bond acceptors (Lipinski definition) is 2. The van der Waals surface area contributed by atoms with Gasteiger partial charge in [0.1, 0.15) is 0 Å². The summed E-state index contributed by atoms with van der Waals surface area (Å²) in [6.07, 6.45) is 6.27. The molecular weight excluding hydrogens is 248 g/mol. The number of hydrogen-bond donors (Lipinski definition) is 2. The number of rotatable bonds is 6. The Balaban J connectivity index is 1.73. The van der Waals surface area contributed by atoms with Gasteiger partial charge in [0.15, 0.2) is 0 Å². The average molecular weight is 274 g/mol. The molecule has 0 spiro atoms. The molecule has 110 valence electrons. The van der Waals surface area contributed by atoms with Gasteiger partial charge < -0.3 is 11.1 Å². The van der Waals surface area contributed by atoms with Crippen molar-refractivity contribution in [2.24, 2.45) is 17.6 Å². The molecular formula is C17H26N2O. The van der Waals surface area contributed by atoms with Gasteiger partial charge in [0, 0.05) is 18.5 Å². The van der Waals surface area contributed by atoms with E-state index in [0.717, 1.165) is 17.9 Å². The summed E-state index contributed by atoms with van der Waals surface area (Å²) in [5.74, 6) is 0.989. The third-order valence-corrected chi connectivity index (χ3v) is 4.33. The quantitative estimate of drug-likeness (QED) is 0.837. The lowest BCUT2D eigenvalue weighted by Gasteiger charge is -2.18. The SMILES string of the molecule is CC(CC1CCCC1)C(=O)NCC(N)c1ccccc1. The molecule has 0 radical (unpaired) electrons. The predicted octanol–water partition coefficient (Wildman–Crippen LogP) is 3.02. The van der Waals surface area contributed by atoms with Crippen LogP contribution in [0.3, 0.4) is 0 Å². The lowest BCUT2D eigenvalue weighted by molar-refractivity contribution is -0.125. The molecule has 1 aromatic carbocycles. The Morgan fingerprint density at radius 3 is 2.60 bits per heavy atom. The molecule has 0 bridgehead atoms. The van der Waals surface area contributed by atoms with Gasteiger partial charge >= 0.3 is 0 Å². The van der Waals surface area contributed by atoms with E-state index in [4.69, 9.17) is 5.73 Å². The van der Waals surface area contributed by atoms with E-state index in [1.165, 1.54) is 25.7 Å². The largest absolute Gasteiger partial charge is 0.354 e. The van der Waals surface area contributed by atoms with E-state index in [1.54, 1.807) is 0 Å². The first-order valence-electron chi connectivity index (χ1n) is 7.75. The zero-order valence-electron chi connectivity index (χ0n) is 12.3. The van der Waals surface area contributed by atoms with Crippen molar-refractivity contribution < 1.29 is 4.79 Å². The van der Waals surface area contributed by atoms with Crippen molar-refractivity contribution in [3.8, 4) is 0 Å². The molecule has 1 aliphatic rings. The van der Waals surface area contributed by atoms with Crippen molar-refractivity contribution in [1.82, 2.24) is 5.32 Å². The van der Waals surface area contributed by atoms with Crippen LogP contribution in [0.15, 0.2) is 30.3 Å². The van der Waals surface area contributed by atoms with Gasteiger partial charge in [-0.3, -0.25) is 4.79 Å². The van der Waals surface area contributed by atoms with Crippen molar-refractivity contribution in [1.29, 1.82) is 0 Å². The highest BCUT2D eigenvalue weighted by Crippen LogP contribution is 2.30. The zero-order valence-corrected chi connectivity index (χ0v) is 12.3. The van der Waals surface area contributed by atoms with Crippen molar-refractivity contribution in [3.63, 3.8) is 0 Å². The molecule has 2 unspecified atom stereocenters. The Labute approximate surface area is 121 Å². The summed E-state index contributed by atoms with van der Waals surface area (Å²) in [7, 11) is 0. The van der Waals surface area contributed by atoms with Crippen molar-refractivity contribution in [3.05, 3.63) is 35.9 Å². The van der Waals surface area contributed by atoms with Crippen LogP contribution < -0.4 is 11.1 Å². The maximum absolute atomic E-state index is 12.1. The van der Waals surface area contributed by atoms with Crippen LogP contribution in [0, 0.1) is 11.8 Å². The van der Waals surface area contributed by atoms with Crippen LogP contribution in [0.5, 0.6) is 0 Å². The Morgan fingerprint density at radius 2 is 1.95 bits per heavy atom. The first kappa shape index (κ1) is 15.0. The van der Waals surface area contributed by atoms with Gasteiger partial charge in [-0.05, 0) is 17.9 Å². The van der Waals surface area contributed by atoms with E-state index >= 15 is 0 Å². The standard InChI is InChI=1S/C17H26N2O/c1-13(11-14-7-5-6-8-14)17(20)19-12-16(18)15-9-3-2-4-10-15/h2-4,9-10,13-14,16H,5-8,11-12,18H2,1H3,(H,19,20). The molecule has 2 atom stereocenters. The Hall–Kier alpha value is -1.35. The highest BCUT2D eigenvalue weighted by molar-refractivity contribution is 5.78. The molecule has 2 rings (SSSR count). The van der Waals surface area contributed by atoms with E-state index in [0.29, 0.717) is 6.54 Å². The molecule has 3 heteroatoms. The summed E-state index contributed by atoms with van der Waals surface area (Å²) in [5.41, 5.74) is 7.16. The molecule has 1 aromatic rings. The number of carbonyl (C=O) groups is 1. The second-order valence-corrected chi connectivity index (χ2v) is 6.05. The molecule has 3 N–H and O–H groups in total. The summed E-state index contributed by atoms with van der Waals surface area (Å²) in [6.45, 7) is 2.54. The third kappa shape index (κ3) is 4.34. The van der Waals surface area contributed by atoms with E-state index in [1.807, 2.05) is 37.3 Å². The number of nitrogens with two attached hydrogens (primary N) is 1. The summed E-state index contributed by atoms with van der Waals surface area (Å²) in [6, 6.07) is 9.79. The van der Waals surface area contributed by atoms with Gasteiger partial charge in [0.05, 0.1) is 0 Å². The maximum Gasteiger partial charge on any atom is 0.222 e. The first-order chi connectivity index (χ1) is 9.66. The second-order valence-electron chi connectivity index (χ2n) is 6.05. The van der Waals surface area contributed by atoms with Gasteiger partial charge in [0.25, 0.3) is 0 Å². The third-order valence-electron chi connectivity index (χ3n) is 4.33. The van der Waals surface area contributed by atoms with Crippen molar-refractivity contribution >= 4 is 5.91 Å². The summed E-state index contributed by atoms with van der Waals surface area (Å²) < 4.78 is 0. The van der Waals surface area contributed by atoms with Crippen LogP contribution in [0.1, 0.15) is 50.6 Å². The highest BCUT2D eigenvalue weighted by atomic mass is 16.1. The van der Waals surface area contributed by atoms with Crippen LogP contribution in [0.25, 0.3) is 0 Å². The predicted molar refractivity (Wildman–Crippen MR) is 82.1 cm³/mol. The molecule has 0 heterocycles. The summed E-state index contributed by atoms with van der Waals surface area (Å²) in [4.78, 5) is 12.1. The highest BCUT2D eigenvalue weighted by Gasteiger charge is 2.22. The molecule has 20 heavy (non-hydrogen) atoms. The molecule has 3 nitrogen and oxygen atoms in total. The Kier molecular flexibility index (Phi) is 5.60. The fourth-order valence-electron chi connectivity index (χ4n) is 3.06. The first-order valence-corrected chi connectivity index (χ1v) is 7.75. The van der Waals surface area contributed by atoms with E-state index in [2.05, 4.69) is 5.32 Å². The minimum absolute atomic E-state index is 0.0982. The number of nitrogens with one attached hydrogen (secondary N) is 1. The molecule has 1 amide bonds.